The topological polar surface area (TPSA) is 13.7 Å². The molecule has 2 nitrogen and oxygen atoms in total. The fourth-order valence-electron chi connectivity index (χ4n) is 1.94. The van der Waals surface area contributed by atoms with E-state index in [1.807, 2.05) is 0 Å². The molecule has 0 spiro atoms. The van der Waals surface area contributed by atoms with Crippen molar-refractivity contribution in [3.05, 3.63) is 0 Å². The Balaban J connectivity index is 2.03. The van der Waals surface area contributed by atoms with Crippen LogP contribution in [0.3, 0.4) is 0 Å². The molecule has 0 amide bonds. The molecule has 2 heterocycles. The molecule has 0 aromatic rings. The van der Waals surface area contributed by atoms with Gasteiger partial charge in [-0.05, 0) is 12.8 Å². The summed E-state index contributed by atoms with van der Waals surface area (Å²) >= 11 is 0. The maximum atomic E-state index is 5.65. The smallest absolute Gasteiger partial charge is 0.107 e. The first-order valence-electron chi connectivity index (χ1n) is 3.81. The molecule has 2 aliphatic heterocycles. The SMILES string of the molecule is C[NH+]1CC2CCC(C1)O2. The number of likely N-dealkylation sites (tertiary alicyclic amines) is 1. The highest BCUT2D eigenvalue weighted by Gasteiger charge is 2.34. The zero-order chi connectivity index (χ0) is 6.27. The summed E-state index contributed by atoms with van der Waals surface area (Å²) in [7, 11) is 2.26. The Morgan fingerprint density at radius 1 is 1.22 bits per heavy atom. The van der Waals surface area contributed by atoms with Gasteiger partial charge in [0.25, 0.3) is 0 Å². The van der Waals surface area contributed by atoms with E-state index in [1.165, 1.54) is 25.9 Å². The maximum absolute atomic E-state index is 5.65. The van der Waals surface area contributed by atoms with E-state index in [0.29, 0.717) is 12.2 Å². The minimum atomic E-state index is 0.601. The van der Waals surface area contributed by atoms with Gasteiger partial charge in [0.2, 0.25) is 0 Å². The van der Waals surface area contributed by atoms with E-state index in [4.69, 9.17) is 4.74 Å². The van der Waals surface area contributed by atoms with Gasteiger partial charge in [-0.1, -0.05) is 0 Å². The van der Waals surface area contributed by atoms with Crippen molar-refractivity contribution in [3.63, 3.8) is 0 Å². The lowest BCUT2D eigenvalue weighted by atomic mass is 10.2. The molecule has 2 saturated heterocycles. The van der Waals surface area contributed by atoms with Crippen molar-refractivity contribution in [1.82, 2.24) is 0 Å². The van der Waals surface area contributed by atoms with Gasteiger partial charge < -0.3 is 9.64 Å². The number of fused-ring (bicyclic) bond motifs is 2. The Morgan fingerprint density at radius 2 is 1.78 bits per heavy atom. The Bertz CT molecular complexity index is 103. The van der Waals surface area contributed by atoms with Gasteiger partial charge in [0.1, 0.15) is 25.3 Å². The Kier molecular flexibility index (Phi) is 1.24. The number of hydrogen-bond acceptors (Lipinski definition) is 1. The summed E-state index contributed by atoms with van der Waals surface area (Å²) in [5.74, 6) is 0. The van der Waals surface area contributed by atoms with Gasteiger partial charge in [-0.2, -0.15) is 0 Å². The van der Waals surface area contributed by atoms with Crippen molar-refractivity contribution in [3.8, 4) is 0 Å². The summed E-state index contributed by atoms with van der Waals surface area (Å²) in [4.78, 5) is 1.65. The third-order valence-electron chi connectivity index (χ3n) is 2.35. The highest BCUT2D eigenvalue weighted by molar-refractivity contribution is 4.75. The molecule has 9 heavy (non-hydrogen) atoms. The van der Waals surface area contributed by atoms with Gasteiger partial charge in [-0.25, -0.2) is 0 Å². The zero-order valence-electron chi connectivity index (χ0n) is 5.89. The largest absolute Gasteiger partial charge is 0.363 e. The molecule has 2 fully saturated rings. The van der Waals surface area contributed by atoms with Gasteiger partial charge >= 0.3 is 0 Å². The molecule has 52 valence electrons. The van der Waals surface area contributed by atoms with Gasteiger partial charge in [0.05, 0.1) is 7.05 Å². The fourth-order valence-corrected chi connectivity index (χ4v) is 1.94. The van der Waals surface area contributed by atoms with Crippen molar-refractivity contribution in [2.75, 3.05) is 20.1 Å². The molecule has 0 aromatic carbocycles. The molecule has 0 aromatic heterocycles. The molecule has 0 aliphatic carbocycles. The summed E-state index contributed by atoms with van der Waals surface area (Å²) in [6.45, 7) is 2.47. The minimum Gasteiger partial charge on any atom is -0.363 e. The number of hydrogen-bond donors (Lipinski definition) is 1. The number of rotatable bonds is 0. The van der Waals surface area contributed by atoms with E-state index in [-0.39, 0.29) is 0 Å². The average Bonchev–Trinajstić information content (AvgIpc) is 2.11. The normalized spacial score (nSPS) is 49.7. The van der Waals surface area contributed by atoms with Gasteiger partial charge in [0.15, 0.2) is 0 Å². The van der Waals surface area contributed by atoms with Crippen molar-refractivity contribution in [1.29, 1.82) is 0 Å². The van der Waals surface area contributed by atoms with Crippen molar-refractivity contribution >= 4 is 0 Å². The van der Waals surface area contributed by atoms with E-state index >= 15 is 0 Å². The van der Waals surface area contributed by atoms with Gasteiger partial charge in [-0.15, -0.1) is 0 Å². The van der Waals surface area contributed by atoms with Crippen molar-refractivity contribution in [2.45, 2.75) is 25.0 Å². The van der Waals surface area contributed by atoms with Crippen molar-refractivity contribution in [2.24, 2.45) is 0 Å². The van der Waals surface area contributed by atoms with Crippen LogP contribution in [0.15, 0.2) is 0 Å². The highest BCUT2D eigenvalue weighted by Crippen LogP contribution is 2.19. The molecule has 0 saturated carbocycles. The molecular weight excluding hydrogens is 114 g/mol. The summed E-state index contributed by atoms with van der Waals surface area (Å²) in [6, 6.07) is 0. The van der Waals surface area contributed by atoms with Crippen LogP contribution >= 0.6 is 0 Å². The van der Waals surface area contributed by atoms with Crippen molar-refractivity contribution < 1.29 is 9.64 Å². The van der Waals surface area contributed by atoms with Gasteiger partial charge in [0, 0.05) is 0 Å². The van der Waals surface area contributed by atoms with Crippen LogP contribution in [0.2, 0.25) is 0 Å². The predicted molar refractivity (Wildman–Crippen MR) is 34.5 cm³/mol. The fraction of sp³-hybridized carbons (Fsp3) is 1.00. The molecule has 2 unspecified atom stereocenters. The standard InChI is InChI=1S/C7H13NO/c1-8-4-6-2-3-7(5-8)9-6/h6-7H,2-5H2,1H3/p+1. The zero-order valence-corrected chi connectivity index (χ0v) is 5.89. The van der Waals surface area contributed by atoms with Crippen LogP contribution in [0.5, 0.6) is 0 Å². The number of nitrogens with one attached hydrogen (secondary N) is 1. The summed E-state index contributed by atoms with van der Waals surface area (Å²) < 4.78 is 5.65. The van der Waals surface area contributed by atoms with Gasteiger partial charge in [-0.3, -0.25) is 0 Å². The summed E-state index contributed by atoms with van der Waals surface area (Å²) in [5, 5.41) is 0. The Labute approximate surface area is 55.8 Å². The average molecular weight is 128 g/mol. The van der Waals surface area contributed by atoms with E-state index in [9.17, 15) is 0 Å². The first kappa shape index (κ1) is 5.69. The quantitative estimate of drug-likeness (QED) is 0.444. The number of ether oxygens (including phenoxy) is 1. The molecule has 2 heteroatoms. The second-order valence-electron chi connectivity index (χ2n) is 3.32. The van der Waals surface area contributed by atoms with Crippen LogP contribution in [0.4, 0.5) is 0 Å². The van der Waals surface area contributed by atoms with E-state index in [2.05, 4.69) is 7.05 Å². The highest BCUT2D eigenvalue weighted by atomic mass is 16.5. The lowest BCUT2D eigenvalue weighted by Crippen LogP contribution is -3.12. The van der Waals surface area contributed by atoms with Crippen LogP contribution in [0.1, 0.15) is 12.8 Å². The Hall–Kier alpha value is -0.0800. The molecule has 2 bridgehead atoms. The molecule has 0 radical (unpaired) electrons. The lowest BCUT2D eigenvalue weighted by molar-refractivity contribution is -0.893. The minimum absolute atomic E-state index is 0.601. The molecule has 1 N–H and O–H groups in total. The monoisotopic (exact) mass is 128 g/mol. The second-order valence-corrected chi connectivity index (χ2v) is 3.32. The first-order valence-corrected chi connectivity index (χ1v) is 3.81. The molecule has 2 aliphatic rings. The maximum Gasteiger partial charge on any atom is 0.107 e. The third kappa shape index (κ3) is 0.970. The summed E-state index contributed by atoms with van der Waals surface area (Å²) in [6.07, 6.45) is 3.82. The molecular formula is C7H14NO+. The van der Waals surface area contributed by atoms with Crippen LogP contribution in [-0.2, 0) is 4.74 Å². The number of quaternary nitrogens is 1. The van der Waals surface area contributed by atoms with Crippen LogP contribution in [0, 0.1) is 0 Å². The molecule has 2 atom stereocenters. The molecule has 2 rings (SSSR count). The van der Waals surface area contributed by atoms with E-state index in [0.717, 1.165) is 0 Å². The number of likely N-dealkylation sites (N-methyl/N-ethyl adjacent to an activating group) is 1. The number of morpholine rings is 1. The lowest BCUT2D eigenvalue weighted by Gasteiger charge is -2.25. The van der Waals surface area contributed by atoms with E-state index < -0.39 is 0 Å². The summed E-state index contributed by atoms with van der Waals surface area (Å²) in [5.41, 5.74) is 0. The Morgan fingerprint density at radius 3 is 2.33 bits per heavy atom. The second kappa shape index (κ2) is 1.96. The van der Waals surface area contributed by atoms with Crippen LogP contribution in [-0.4, -0.2) is 32.3 Å². The predicted octanol–water partition coefficient (Wildman–Crippen LogP) is -0.938. The van der Waals surface area contributed by atoms with Crippen LogP contribution < -0.4 is 4.90 Å². The van der Waals surface area contributed by atoms with E-state index in [1.54, 1.807) is 4.90 Å². The van der Waals surface area contributed by atoms with Crippen LogP contribution in [0.25, 0.3) is 0 Å². The third-order valence-corrected chi connectivity index (χ3v) is 2.35. The first-order chi connectivity index (χ1) is 4.34.